The van der Waals surface area contributed by atoms with Gasteiger partial charge in [0, 0.05) is 5.56 Å². The number of anilines is 1. The Kier molecular flexibility index (Phi) is 3.49. The number of carbonyl (C=O) groups is 1. The summed E-state index contributed by atoms with van der Waals surface area (Å²) in [5.41, 5.74) is 6.20. The fraction of sp³-hybridized carbons (Fsp3) is 0.0909. The first-order valence-corrected chi connectivity index (χ1v) is 6.02. The number of rotatable bonds is 2. The first kappa shape index (κ1) is 12.8. The molecule has 18 heavy (non-hydrogen) atoms. The smallest absolute Gasteiger partial charge is 0.359 e. The third-order valence-corrected chi connectivity index (χ3v) is 3.44. The number of benzene rings is 1. The summed E-state index contributed by atoms with van der Waals surface area (Å²) in [6.07, 6.45) is 0. The van der Waals surface area contributed by atoms with Gasteiger partial charge in [-0.15, -0.1) is 0 Å². The average Bonchev–Trinajstić information content (AvgIpc) is 2.74. The maximum absolute atomic E-state index is 13.3. The van der Waals surface area contributed by atoms with Gasteiger partial charge in [-0.3, -0.25) is 0 Å². The highest BCUT2D eigenvalue weighted by Crippen LogP contribution is 2.31. The van der Waals surface area contributed by atoms with E-state index in [1.807, 2.05) is 0 Å². The van der Waals surface area contributed by atoms with Crippen molar-refractivity contribution in [3.63, 3.8) is 0 Å². The van der Waals surface area contributed by atoms with E-state index in [1.54, 1.807) is 6.07 Å². The summed E-state index contributed by atoms with van der Waals surface area (Å²) in [7, 11) is 1.24. The number of hydrogen-bond acceptors (Lipinski definition) is 5. The predicted molar refractivity (Wildman–Crippen MR) is 68.3 cm³/mol. The van der Waals surface area contributed by atoms with Crippen LogP contribution in [0, 0.1) is 5.82 Å². The molecule has 0 saturated carbocycles. The second-order valence-corrected chi connectivity index (χ2v) is 4.79. The van der Waals surface area contributed by atoms with Crippen LogP contribution in [0.2, 0.25) is 5.02 Å². The number of nitrogen functional groups attached to an aromatic ring is 1. The Morgan fingerprint density at radius 1 is 1.56 bits per heavy atom. The van der Waals surface area contributed by atoms with E-state index in [1.165, 1.54) is 19.2 Å². The van der Waals surface area contributed by atoms with Crippen molar-refractivity contribution in [2.45, 2.75) is 0 Å². The highest BCUT2D eigenvalue weighted by Gasteiger charge is 2.18. The third-order valence-electron chi connectivity index (χ3n) is 2.20. The molecule has 94 valence electrons. The monoisotopic (exact) mass is 286 g/mol. The standard InChI is InChI=1S/C11H8ClFN2O2S/c1-17-11(16)8-9(14)18-10(15-8)5-2-3-6(12)7(13)4-5/h2-4H,14H2,1H3. The fourth-order valence-corrected chi connectivity index (χ4v) is 2.26. The van der Waals surface area contributed by atoms with Crippen molar-refractivity contribution in [1.82, 2.24) is 4.98 Å². The van der Waals surface area contributed by atoms with Gasteiger partial charge >= 0.3 is 5.97 Å². The number of esters is 1. The molecule has 4 nitrogen and oxygen atoms in total. The minimum Gasteiger partial charge on any atom is -0.464 e. The highest BCUT2D eigenvalue weighted by atomic mass is 35.5. The molecule has 0 amide bonds. The first-order chi connectivity index (χ1) is 8.52. The lowest BCUT2D eigenvalue weighted by atomic mass is 10.2. The van der Waals surface area contributed by atoms with Crippen molar-refractivity contribution in [2.24, 2.45) is 0 Å². The fourth-order valence-electron chi connectivity index (χ4n) is 1.33. The number of carbonyl (C=O) groups excluding carboxylic acids is 1. The summed E-state index contributed by atoms with van der Waals surface area (Å²) in [6, 6.07) is 4.26. The molecular weight excluding hydrogens is 279 g/mol. The molecule has 0 bridgehead atoms. The van der Waals surface area contributed by atoms with Crippen molar-refractivity contribution in [2.75, 3.05) is 12.8 Å². The van der Waals surface area contributed by atoms with Crippen LogP contribution < -0.4 is 5.73 Å². The number of methoxy groups -OCH3 is 1. The van der Waals surface area contributed by atoms with Crippen LogP contribution in [-0.2, 0) is 4.74 Å². The van der Waals surface area contributed by atoms with Gasteiger partial charge in [-0.1, -0.05) is 29.0 Å². The van der Waals surface area contributed by atoms with Gasteiger partial charge < -0.3 is 10.5 Å². The Morgan fingerprint density at radius 3 is 2.89 bits per heavy atom. The van der Waals surface area contributed by atoms with Crippen LogP contribution >= 0.6 is 22.9 Å². The Bertz CT molecular complexity index is 615. The van der Waals surface area contributed by atoms with E-state index in [4.69, 9.17) is 17.3 Å². The summed E-state index contributed by atoms with van der Waals surface area (Å²) < 4.78 is 17.9. The summed E-state index contributed by atoms with van der Waals surface area (Å²) >= 11 is 6.67. The second kappa shape index (κ2) is 4.91. The van der Waals surface area contributed by atoms with Crippen LogP contribution in [0.15, 0.2) is 18.2 Å². The van der Waals surface area contributed by atoms with Crippen molar-refractivity contribution in [3.05, 3.63) is 34.7 Å². The van der Waals surface area contributed by atoms with Crippen LogP contribution in [0.5, 0.6) is 0 Å². The number of thiazole rings is 1. The zero-order valence-corrected chi connectivity index (χ0v) is 10.8. The van der Waals surface area contributed by atoms with Gasteiger partial charge in [0.2, 0.25) is 0 Å². The molecule has 1 heterocycles. The summed E-state index contributed by atoms with van der Waals surface area (Å²) in [5.74, 6) is -1.17. The summed E-state index contributed by atoms with van der Waals surface area (Å²) in [5, 5.41) is 0.687. The van der Waals surface area contributed by atoms with Crippen molar-refractivity contribution in [1.29, 1.82) is 0 Å². The Morgan fingerprint density at radius 2 is 2.28 bits per heavy atom. The number of nitrogens with two attached hydrogens (primary N) is 1. The molecule has 0 fully saturated rings. The van der Waals surface area contributed by atoms with Crippen LogP contribution in [-0.4, -0.2) is 18.1 Å². The Balaban J connectivity index is 2.45. The topological polar surface area (TPSA) is 65.2 Å². The van der Waals surface area contributed by atoms with Gasteiger partial charge in [-0.25, -0.2) is 14.2 Å². The largest absolute Gasteiger partial charge is 0.464 e. The van der Waals surface area contributed by atoms with E-state index < -0.39 is 11.8 Å². The van der Waals surface area contributed by atoms with E-state index in [9.17, 15) is 9.18 Å². The molecule has 1 aromatic carbocycles. The molecule has 0 saturated heterocycles. The lowest BCUT2D eigenvalue weighted by molar-refractivity contribution is 0.0596. The summed E-state index contributed by atoms with van der Waals surface area (Å²) in [4.78, 5) is 15.4. The molecule has 2 aromatic rings. The van der Waals surface area contributed by atoms with Gasteiger partial charge in [0.15, 0.2) is 5.69 Å². The molecule has 0 spiro atoms. The molecule has 0 aliphatic carbocycles. The average molecular weight is 287 g/mol. The van der Waals surface area contributed by atoms with Crippen molar-refractivity contribution in [3.8, 4) is 10.6 Å². The lowest BCUT2D eigenvalue weighted by Gasteiger charge is -1.98. The zero-order chi connectivity index (χ0) is 13.3. The van der Waals surface area contributed by atoms with E-state index in [0.717, 1.165) is 11.3 Å². The number of ether oxygens (including phenoxy) is 1. The number of aromatic nitrogens is 1. The Labute approximate surface area is 111 Å². The van der Waals surface area contributed by atoms with Gasteiger partial charge in [0.05, 0.1) is 12.1 Å². The number of nitrogens with zero attached hydrogens (tertiary/aromatic N) is 1. The van der Waals surface area contributed by atoms with Crippen LogP contribution in [0.1, 0.15) is 10.5 Å². The number of hydrogen-bond donors (Lipinski definition) is 1. The molecule has 2 rings (SSSR count). The second-order valence-electron chi connectivity index (χ2n) is 3.35. The zero-order valence-electron chi connectivity index (χ0n) is 9.24. The lowest BCUT2D eigenvalue weighted by Crippen LogP contribution is -2.04. The summed E-state index contributed by atoms with van der Waals surface area (Å²) in [6.45, 7) is 0. The maximum atomic E-state index is 13.3. The third kappa shape index (κ3) is 2.30. The van der Waals surface area contributed by atoms with E-state index in [-0.39, 0.29) is 15.7 Å². The maximum Gasteiger partial charge on any atom is 0.359 e. The minimum absolute atomic E-state index is 0.0245. The molecule has 7 heteroatoms. The molecule has 2 N–H and O–H groups in total. The van der Waals surface area contributed by atoms with Crippen LogP contribution in [0.3, 0.4) is 0 Å². The van der Waals surface area contributed by atoms with E-state index in [2.05, 4.69) is 9.72 Å². The van der Waals surface area contributed by atoms with Gasteiger partial charge in [0.25, 0.3) is 0 Å². The molecule has 0 aliphatic rings. The SMILES string of the molecule is COC(=O)c1nc(-c2ccc(Cl)c(F)c2)sc1N. The molecular formula is C11H8ClFN2O2S. The van der Waals surface area contributed by atoms with Crippen LogP contribution in [0.25, 0.3) is 10.6 Å². The normalized spacial score (nSPS) is 10.4. The highest BCUT2D eigenvalue weighted by molar-refractivity contribution is 7.19. The number of halogens is 2. The quantitative estimate of drug-likeness (QED) is 0.862. The van der Waals surface area contributed by atoms with Crippen molar-refractivity contribution >= 4 is 33.9 Å². The minimum atomic E-state index is -0.621. The van der Waals surface area contributed by atoms with Gasteiger partial charge in [0.1, 0.15) is 15.8 Å². The van der Waals surface area contributed by atoms with Crippen LogP contribution in [0.4, 0.5) is 9.39 Å². The Hall–Kier alpha value is -1.66. The van der Waals surface area contributed by atoms with E-state index >= 15 is 0 Å². The van der Waals surface area contributed by atoms with Gasteiger partial charge in [-0.05, 0) is 12.1 Å². The molecule has 0 aliphatic heterocycles. The molecule has 1 aromatic heterocycles. The van der Waals surface area contributed by atoms with E-state index in [0.29, 0.717) is 10.6 Å². The molecule has 0 atom stereocenters. The molecule has 0 radical (unpaired) electrons. The predicted octanol–water partition coefficient (Wildman–Crippen LogP) is 2.97. The van der Waals surface area contributed by atoms with Crippen molar-refractivity contribution < 1.29 is 13.9 Å². The molecule has 0 unspecified atom stereocenters. The van der Waals surface area contributed by atoms with Gasteiger partial charge in [-0.2, -0.15) is 0 Å². The first-order valence-electron chi connectivity index (χ1n) is 4.83.